The van der Waals surface area contributed by atoms with Gasteiger partial charge in [-0.25, -0.2) is 13.1 Å². The van der Waals surface area contributed by atoms with E-state index in [-0.39, 0.29) is 16.6 Å². The molecular formula is C19H22N2O4S. The standard InChI is InChI=1S/C19H22N2O4S/c1-13-5-6-14(2)16(11-13)21-19(22)10-8-15-7-9-17(25-4)18(12-15)26(23,24)20-3/h5-12,20H,1-4H3,(H,21,22)/b10-8+. The van der Waals surface area contributed by atoms with Crippen LogP contribution in [0.15, 0.2) is 47.4 Å². The SMILES string of the molecule is CNS(=O)(=O)c1cc(/C=C/C(=O)Nc2cc(C)ccc2C)ccc1OC. The highest BCUT2D eigenvalue weighted by Crippen LogP contribution is 2.25. The van der Waals surface area contributed by atoms with Crippen LogP contribution >= 0.6 is 0 Å². The molecule has 0 bridgehead atoms. The lowest BCUT2D eigenvalue weighted by Crippen LogP contribution is -2.19. The molecule has 0 saturated carbocycles. The van der Waals surface area contributed by atoms with Crippen LogP contribution < -0.4 is 14.8 Å². The molecule has 2 N–H and O–H groups in total. The summed E-state index contributed by atoms with van der Waals surface area (Å²) >= 11 is 0. The van der Waals surface area contributed by atoms with E-state index in [9.17, 15) is 13.2 Å². The van der Waals surface area contributed by atoms with Crippen LogP contribution in [0.1, 0.15) is 16.7 Å². The van der Waals surface area contributed by atoms with Gasteiger partial charge in [-0.05, 0) is 61.9 Å². The predicted octanol–water partition coefficient (Wildman–Crippen LogP) is 2.87. The van der Waals surface area contributed by atoms with E-state index in [4.69, 9.17) is 4.74 Å². The highest BCUT2D eigenvalue weighted by atomic mass is 32.2. The molecule has 0 atom stereocenters. The smallest absolute Gasteiger partial charge is 0.248 e. The number of benzene rings is 2. The van der Waals surface area contributed by atoms with E-state index in [1.165, 1.54) is 26.3 Å². The van der Waals surface area contributed by atoms with Crippen molar-refractivity contribution in [2.45, 2.75) is 18.7 Å². The number of amides is 1. The topological polar surface area (TPSA) is 84.5 Å². The van der Waals surface area contributed by atoms with Gasteiger partial charge in [0.2, 0.25) is 15.9 Å². The molecule has 0 heterocycles. The second-order valence-corrected chi connectivity index (χ2v) is 7.61. The summed E-state index contributed by atoms with van der Waals surface area (Å²) in [7, 11) is -0.942. The molecule has 2 aromatic carbocycles. The molecule has 0 aliphatic heterocycles. The minimum absolute atomic E-state index is 0.0135. The number of rotatable bonds is 6. The fourth-order valence-corrected chi connectivity index (χ4v) is 3.26. The normalized spacial score (nSPS) is 11.5. The fraction of sp³-hybridized carbons (Fsp3) is 0.211. The van der Waals surface area contributed by atoms with E-state index in [0.29, 0.717) is 5.56 Å². The molecular weight excluding hydrogens is 352 g/mol. The quantitative estimate of drug-likeness (QED) is 0.762. The monoisotopic (exact) mass is 374 g/mol. The molecule has 138 valence electrons. The molecule has 0 saturated heterocycles. The largest absolute Gasteiger partial charge is 0.495 e. The van der Waals surface area contributed by atoms with Crippen LogP contribution in [0.5, 0.6) is 5.75 Å². The Morgan fingerprint density at radius 2 is 1.85 bits per heavy atom. The van der Waals surface area contributed by atoms with Crippen LogP contribution in [0.3, 0.4) is 0 Å². The fourth-order valence-electron chi connectivity index (χ4n) is 2.33. The van der Waals surface area contributed by atoms with Crippen molar-refractivity contribution in [3.05, 3.63) is 59.2 Å². The molecule has 6 nitrogen and oxygen atoms in total. The average molecular weight is 374 g/mol. The number of hydrogen-bond donors (Lipinski definition) is 2. The van der Waals surface area contributed by atoms with Crippen LogP contribution in [-0.4, -0.2) is 28.5 Å². The van der Waals surface area contributed by atoms with E-state index in [0.717, 1.165) is 16.8 Å². The van der Waals surface area contributed by atoms with Gasteiger partial charge in [-0.3, -0.25) is 4.79 Å². The van der Waals surface area contributed by atoms with E-state index >= 15 is 0 Å². The lowest BCUT2D eigenvalue weighted by Gasteiger charge is -2.09. The van der Waals surface area contributed by atoms with E-state index < -0.39 is 10.0 Å². The number of anilines is 1. The molecule has 26 heavy (non-hydrogen) atoms. The Morgan fingerprint density at radius 3 is 2.50 bits per heavy atom. The number of carbonyl (C=O) groups excluding carboxylic acids is 1. The number of carbonyl (C=O) groups is 1. The zero-order valence-corrected chi connectivity index (χ0v) is 16.0. The number of methoxy groups -OCH3 is 1. The lowest BCUT2D eigenvalue weighted by atomic mass is 10.1. The Kier molecular flexibility index (Phi) is 6.18. The minimum Gasteiger partial charge on any atom is -0.495 e. The van der Waals surface area contributed by atoms with Crippen LogP contribution in [-0.2, 0) is 14.8 Å². The summed E-state index contributed by atoms with van der Waals surface area (Å²) in [5.41, 5.74) is 3.32. The summed E-state index contributed by atoms with van der Waals surface area (Å²) in [6.07, 6.45) is 2.91. The second kappa shape index (κ2) is 8.16. The minimum atomic E-state index is -3.67. The molecule has 2 aromatic rings. The van der Waals surface area contributed by atoms with Crippen molar-refractivity contribution in [2.24, 2.45) is 0 Å². The Labute approximate surface area is 153 Å². The summed E-state index contributed by atoms with van der Waals surface area (Å²) in [4.78, 5) is 12.2. The number of nitrogens with one attached hydrogen (secondary N) is 2. The Morgan fingerprint density at radius 1 is 1.12 bits per heavy atom. The third kappa shape index (κ3) is 4.71. The lowest BCUT2D eigenvalue weighted by molar-refractivity contribution is -0.111. The van der Waals surface area contributed by atoms with Crippen LogP contribution in [0, 0.1) is 13.8 Å². The number of ether oxygens (including phenoxy) is 1. The van der Waals surface area contributed by atoms with Gasteiger partial charge >= 0.3 is 0 Å². The van der Waals surface area contributed by atoms with Crippen LogP contribution in [0.25, 0.3) is 6.08 Å². The third-order valence-corrected chi connectivity index (χ3v) is 5.26. The molecule has 0 spiro atoms. The molecule has 1 amide bonds. The number of sulfonamides is 1. The van der Waals surface area contributed by atoms with Crippen molar-refractivity contribution in [1.82, 2.24) is 4.72 Å². The van der Waals surface area contributed by atoms with Gasteiger partial charge in [0.1, 0.15) is 10.6 Å². The first kappa shape index (κ1) is 19.7. The molecule has 0 aliphatic rings. The van der Waals surface area contributed by atoms with Gasteiger partial charge in [-0.1, -0.05) is 18.2 Å². The Bertz CT molecular complexity index is 950. The van der Waals surface area contributed by atoms with Gasteiger partial charge in [0, 0.05) is 11.8 Å². The zero-order chi connectivity index (χ0) is 19.3. The van der Waals surface area contributed by atoms with E-state index in [2.05, 4.69) is 10.0 Å². The number of aryl methyl sites for hydroxylation is 2. The summed E-state index contributed by atoms with van der Waals surface area (Å²) in [6, 6.07) is 10.5. The van der Waals surface area contributed by atoms with Gasteiger partial charge in [0.25, 0.3) is 0 Å². The summed E-state index contributed by atoms with van der Waals surface area (Å²) in [5.74, 6) is -0.0659. The highest BCUT2D eigenvalue weighted by molar-refractivity contribution is 7.89. The maximum atomic E-state index is 12.2. The van der Waals surface area contributed by atoms with Crippen LogP contribution in [0.2, 0.25) is 0 Å². The van der Waals surface area contributed by atoms with Crippen molar-refractivity contribution in [1.29, 1.82) is 0 Å². The van der Waals surface area contributed by atoms with E-state index in [1.807, 2.05) is 32.0 Å². The first-order valence-corrected chi connectivity index (χ1v) is 9.43. The molecule has 0 radical (unpaired) electrons. The average Bonchev–Trinajstić information content (AvgIpc) is 2.62. The molecule has 7 heteroatoms. The molecule has 0 unspecified atom stereocenters. The summed E-state index contributed by atoms with van der Waals surface area (Å²) in [5, 5.41) is 2.82. The maximum Gasteiger partial charge on any atom is 0.248 e. The first-order chi connectivity index (χ1) is 12.3. The second-order valence-electron chi connectivity index (χ2n) is 5.76. The third-order valence-electron chi connectivity index (χ3n) is 3.82. The summed E-state index contributed by atoms with van der Waals surface area (Å²) < 4.78 is 31.5. The van der Waals surface area contributed by atoms with Crippen molar-refractivity contribution in [2.75, 3.05) is 19.5 Å². The van der Waals surface area contributed by atoms with Gasteiger partial charge in [-0.2, -0.15) is 0 Å². The van der Waals surface area contributed by atoms with Gasteiger partial charge < -0.3 is 10.1 Å². The van der Waals surface area contributed by atoms with E-state index in [1.54, 1.807) is 18.2 Å². The Balaban J connectivity index is 2.23. The zero-order valence-electron chi connectivity index (χ0n) is 15.2. The van der Waals surface area contributed by atoms with Gasteiger partial charge in [0.15, 0.2) is 0 Å². The van der Waals surface area contributed by atoms with Crippen molar-refractivity contribution in [3.8, 4) is 5.75 Å². The molecule has 0 aromatic heterocycles. The van der Waals surface area contributed by atoms with Gasteiger partial charge in [-0.15, -0.1) is 0 Å². The first-order valence-electron chi connectivity index (χ1n) is 7.94. The van der Waals surface area contributed by atoms with Crippen molar-refractivity contribution >= 4 is 27.7 Å². The molecule has 0 fully saturated rings. The van der Waals surface area contributed by atoms with Gasteiger partial charge in [0.05, 0.1) is 7.11 Å². The number of hydrogen-bond acceptors (Lipinski definition) is 4. The molecule has 0 aliphatic carbocycles. The summed E-state index contributed by atoms with van der Waals surface area (Å²) in [6.45, 7) is 3.86. The Hall–Kier alpha value is -2.64. The maximum absolute atomic E-state index is 12.2. The van der Waals surface area contributed by atoms with Crippen molar-refractivity contribution in [3.63, 3.8) is 0 Å². The molecule has 2 rings (SSSR count). The predicted molar refractivity (Wildman–Crippen MR) is 103 cm³/mol. The van der Waals surface area contributed by atoms with Crippen LogP contribution in [0.4, 0.5) is 5.69 Å². The highest BCUT2D eigenvalue weighted by Gasteiger charge is 2.17. The van der Waals surface area contributed by atoms with Crippen molar-refractivity contribution < 1.29 is 17.9 Å².